The van der Waals surface area contributed by atoms with E-state index >= 15 is 0 Å². The molecule has 2 aromatic carbocycles. The predicted octanol–water partition coefficient (Wildman–Crippen LogP) is 4.75. The number of sulfonamides is 1. The summed E-state index contributed by atoms with van der Waals surface area (Å²) >= 11 is 0. The highest BCUT2D eigenvalue weighted by molar-refractivity contribution is 7.89. The number of benzene rings is 2. The third kappa shape index (κ3) is 5.04. The smallest absolute Gasteiger partial charge is 0.261 e. The molecule has 4 aromatic rings. The summed E-state index contributed by atoms with van der Waals surface area (Å²) in [7, 11) is -4.00. The number of hydrogen-bond donors (Lipinski definition) is 4. The van der Waals surface area contributed by atoms with Gasteiger partial charge in [-0.25, -0.2) is 13.9 Å². The van der Waals surface area contributed by atoms with Crippen LogP contribution in [0.2, 0.25) is 0 Å². The second-order valence-electron chi connectivity index (χ2n) is 9.48. The maximum atomic E-state index is 13.1. The number of furan rings is 1. The van der Waals surface area contributed by atoms with Crippen molar-refractivity contribution in [2.45, 2.75) is 68.7 Å². The van der Waals surface area contributed by atoms with Gasteiger partial charge in [0.05, 0.1) is 4.90 Å². The summed E-state index contributed by atoms with van der Waals surface area (Å²) in [5.41, 5.74) is 5.66. The van der Waals surface area contributed by atoms with Gasteiger partial charge in [0, 0.05) is 40.5 Å². The Morgan fingerprint density at radius 1 is 1.06 bits per heavy atom. The molecular weight excluding hydrogens is 478 g/mol. The second kappa shape index (κ2) is 10.5. The number of carbonyl (C=O) groups excluding carboxylic acids is 1. The van der Waals surface area contributed by atoms with Crippen molar-refractivity contribution in [2.75, 3.05) is 0 Å². The van der Waals surface area contributed by atoms with E-state index < -0.39 is 22.0 Å². The number of aryl methyl sites for hydroxylation is 3. The number of carbonyl (C=O) groups is 1. The zero-order valence-electron chi connectivity index (χ0n) is 20.0. The molecule has 0 spiro atoms. The minimum absolute atomic E-state index is 0.0381. The fraction of sp³-hybridized carbons (Fsp3) is 0.370. The minimum atomic E-state index is -4.00. The first kappa shape index (κ1) is 24.5. The van der Waals surface area contributed by atoms with Gasteiger partial charge in [0.25, 0.3) is 5.91 Å². The number of aromatic amines is 1. The highest BCUT2D eigenvalue weighted by Gasteiger charge is 2.27. The molecule has 4 N–H and O–H groups in total. The maximum Gasteiger partial charge on any atom is 0.261 e. The SMILES string of the molecule is O=C(NO)C(CCCCCc1c[nH]c2ccccc12)NS(=O)(=O)c1ccc2c3c(oc2c1)CCCC3. The van der Waals surface area contributed by atoms with Gasteiger partial charge in [0.1, 0.15) is 17.4 Å². The quantitative estimate of drug-likeness (QED) is 0.140. The van der Waals surface area contributed by atoms with Crippen LogP contribution >= 0.6 is 0 Å². The first-order valence-corrected chi connectivity index (χ1v) is 14.0. The normalized spacial score (nSPS) is 14.7. The van der Waals surface area contributed by atoms with Crippen molar-refractivity contribution in [2.24, 2.45) is 0 Å². The summed E-state index contributed by atoms with van der Waals surface area (Å²) in [6, 6.07) is 11.9. The van der Waals surface area contributed by atoms with E-state index in [0.717, 1.165) is 61.6 Å². The number of aromatic nitrogens is 1. The number of hydrogen-bond acceptors (Lipinski definition) is 5. The van der Waals surface area contributed by atoms with E-state index in [2.05, 4.69) is 15.8 Å². The summed E-state index contributed by atoms with van der Waals surface area (Å²) < 4.78 is 34.6. The van der Waals surface area contributed by atoms with Crippen LogP contribution in [0, 0.1) is 0 Å². The first-order chi connectivity index (χ1) is 17.5. The Bertz CT molecular complexity index is 1490. The monoisotopic (exact) mass is 509 g/mol. The Kier molecular flexibility index (Phi) is 7.13. The Hall–Kier alpha value is -3.14. The number of para-hydroxylation sites is 1. The molecule has 1 unspecified atom stereocenters. The zero-order chi connectivity index (χ0) is 25.1. The summed E-state index contributed by atoms with van der Waals surface area (Å²) in [5, 5.41) is 11.3. The molecule has 9 heteroatoms. The molecule has 0 fully saturated rings. The number of amides is 1. The van der Waals surface area contributed by atoms with E-state index in [1.165, 1.54) is 22.6 Å². The number of unbranched alkanes of at least 4 members (excludes halogenated alkanes) is 2. The molecular formula is C27H31N3O5S. The average molecular weight is 510 g/mol. The molecule has 5 rings (SSSR count). The summed E-state index contributed by atoms with van der Waals surface area (Å²) in [6.45, 7) is 0. The average Bonchev–Trinajstić information content (AvgIpc) is 3.48. The fourth-order valence-electron chi connectivity index (χ4n) is 5.17. The van der Waals surface area contributed by atoms with E-state index in [0.29, 0.717) is 12.0 Å². The molecule has 2 heterocycles. The molecule has 0 saturated heterocycles. The van der Waals surface area contributed by atoms with E-state index in [1.54, 1.807) is 17.6 Å². The van der Waals surface area contributed by atoms with E-state index in [1.807, 2.05) is 24.4 Å². The third-order valence-corrected chi connectivity index (χ3v) is 8.55. The molecule has 1 aliphatic rings. The zero-order valence-corrected chi connectivity index (χ0v) is 20.9. The van der Waals surface area contributed by atoms with E-state index in [-0.39, 0.29) is 11.3 Å². The summed E-state index contributed by atoms with van der Waals surface area (Å²) in [5.74, 6) is 0.161. The number of rotatable bonds is 10. The van der Waals surface area contributed by atoms with Gasteiger partial charge in [0.15, 0.2) is 0 Å². The number of H-pyrrole nitrogens is 1. The lowest BCUT2D eigenvalue weighted by atomic mass is 9.96. The molecule has 36 heavy (non-hydrogen) atoms. The highest BCUT2D eigenvalue weighted by Crippen LogP contribution is 2.33. The molecule has 0 saturated carbocycles. The van der Waals surface area contributed by atoms with Crippen LogP contribution in [0.5, 0.6) is 0 Å². The van der Waals surface area contributed by atoms with Crippen molar-refractivity contribution < 1.29 is 22.8 Å². The van der Waals surface area contributed by atoms with Gasteiger partial charge in [-0.3, -0.25) is 10.0 Å². The summed E-state index contributed by atoms with van der Waals surface area (Å²) in [6.07, 6.45) is 9.51. The fourth-order valence-corrected chi connectivity index (χ4v) is 6.41. The minimum Gasteiger partial charge on any atom is -0.461 e. The van der Waals surface area contributed by atoms with Crippen LogP contribution in [0.1, 0.15) is 55.4 Å². The molecule has 0 bridgehead atoms. The van der Waals surface area contributed by atoms with Crippen LogP contribution in [0.3, 0.4) is 0 Å². The lowest BCUT2D eigenvalue weighted by Gasteiger charge is -2.17. The van der Waals surface area contributed by atoms with Crippen molar-refractivity contribution >= 4 is 37.8 Å². The topological polar surface area (TPSA) is 124 Å². The number of hydroxylamine groups is 1. The lowest BCUT2D eigenvalue weighted by Crippen LogP contribution is -2.45. The van der Waals surface area contributed by atoms with Crippen molar-refractivity contribution in [1.82, 2.24) is 15.2 Å². The third-order valence-electron chi connectivity index (χ3n) is 7.08. The number of nitrogens with one attached hydrogen (secondary N) is 3. The Morgan fingerprint density at radius 2 is 1.89 bits per heavy atom. The Labute approximate surface area is 210 Å². The van der Waals surface area contributed by atoms with Gasteiger partial charge in [0.2, 0.25) is 10.0 Å². The van der Waals surface area contributed by atoms with Gasteiger partial charge in [-0.1, -0.05) is 31.0 Å². The molecule has 8 nitrogen and oxygen atoms in total. The maximum absolute atomic E-state index is 13.1. The van der Waals surface area contributed by atoms with Gasteiger partial charge < -0.3 is 9.40 Å². The van der Waals surface area contributed by atoms with Crippen molar-refractivity contribution in [3.63, 3.8) is 0 Å². The van der Waals surface area contributed by atoms with Gasteiger partial charge in [-0.2, -0.15) is 4.72 Å². The van der Waals surface area contributed by atoms with E-state index in [4.69, 9.17) is 4.42 Å². The van der Waals surface area contributed by atoms with Gasteiger partial charge in [-0.05, 0) is 62.3 Å². The molecule has 190 valence electrons. The van der Waals surface area contributed by atoms with Crippen molar-refractivity contribution in [3.05, 3.63) is 65.5 Å². The van der Waals surface area contributed by atoms with Crippen molar-refractivity contribution in [3.8, 4) is 0 Å². The van der Waals surface area contributed by atoms with Crippen LogP contribution < -0.4 is 10.2 Å². The van der Waals surface area contributed by atoms with Gasteiger partial charge in [-0.15, -0.1) is 0 Å². The molecule has 1 amide bonds. The summed E-state index contributed by atoms with van der Waals surface area (Å²) in [4.78, 5) is 15.6. The highest BCUT2D eigenvalue weighted by atomic mass is 32.2. The molecule has 0 radical (unpaired) electrons. The van der Waals surface area contributed by atoms with Crippen LogP contribution in [0.15, 0.2) is 58.0 Å². The van der Waals surface area contributed by atoms with Crippen LogP contribution in [-0.2, 0) is 34.1 Å². The largest absolute Gasteiger partial charge is 0.461 e. The lowest BCUT2D eigenvalue weighted by molar-refractivity contribution is -0.131. The van der Waals surface area contributed by atoms with E-state index in [9.17, 15) is 18.4 Å². The second-order valence-corrected chi connectivity index (χ2v) is 11.2. The Morgan fingerprint density at radius 3 is 2.75 bits per heavy atom. The van der Waals surface area contributed by atoms with Gasteiger partial charge >= 0.3 is 0 Å². The predicted molar refractivity (Wildman–Crippen MR) is 137 cm³/mol. The molecule has 1 atom stereocenters. The van der Waals surface area contributed by atoms with Crippen LogP contribution in [-0.4, -0.2) is 30.6 Å². The standard InChI is InChI=1S/C27H31N3O5S/c31-27(29-32)24(12-3-1-2-8-18-17-28-23-11-6-4-9-20(18)23)30-36(33,34)19-14-15-22-21-10-5-7-13-25(21)35-26(22)16-19/h4,6,9,11,14-17,24,28,30,32H,1-3,5,7-8,10,12-13H2,(H,29,31). The molecule has 2 aromatic heterocycles. The molecule has 1 aliphatic carbocycles. The first-order valence-electron chi connectivity index (χ1n) is 12.5. The number of fused-ring (bicyclic) bond motifs is 4. The molecule has 0 aliphatic heterocycles. The van der Waals surface area contributed by atoms with Crippen molar-refractivity contribution in [1.29, 1.82) is 0 Å². The van der Waals surface area contributed by atoms with Crippen LogP contribution in [0.25, 0.3) is 21.9 Å². The van der Waals surface area contributed by atoms with Crippen LogP contribution in [0.4, 0.5) is 0 Å². The Balaban J connectivity index is 1.21.